The van der Waals surface area contributed by atoms with Crippen molar-refractivity contribution in [1.82, 2.24) is 5.32 Å². The number of benzene rings is 1. The summed E-state index contributed by atoms with van der Waals surface area (Å²) in [5.41, 5.74) is 0.636. The Labute approximate surface area is 85.3 Å². The summed E-state index contributed by atoms with van der Waals surface area (Å²) in [4.78, 5) is 11.8. The number of ketones is 1. The minimum Gasteiger partial charge on any atom is -0.308 e. The zero-order valence-electron chi connectivity index (χ0n) is 9.00. The van der Waals surface area contributed by atoms with Crippen LogP contribution >= 0.6 is 0 Å². The molecule has 0 aliphatic heterocycles. The lowest BCUT2D eigenvalue weighted by Gasteiger charge is -2.22. The van der Waals surface area contributed by atoms with Crippen LogP contribution in [0.25, 0.3) is 0 Å². The predicted octanol–water partition coefficient (Wildman–Crippen LogP) is 1.80. The SMILES string of the molecule is CNC(C)(C)C(=O)Cc1ccccc1. The van der Waals surface area contributed by atoms with Crippen LogP contribution in [0.5, 0.6) is 0 Å². The van der Waals surface area contributed by atoms with Crippen molar-refractivity contribution >= 4 is 5.78 Å². The van der Waals surface area contributed by atoms with Crippen LogP contribution in [0.2, 0.25) is 0 Å². The second-order valence-electron chi connectivity index (χ2n) is 3.96. The molecule has 0 aliphatic rings. The number of rotatable bonds is 4. The number of Topliss-reactive ketones (excluding diaryl/α,β-unsaturated/α-hetero) is 1. The molecular formula is C12H17NO. The maximum atomic E-state index is 11.8. The second kappa shape index (κ2) is 4.38. The van der Waals surface area contributed by atoms with Gasteiger partial charge in [0.1, 0.15) is 0 Å². The van der Waals surface area contributed by atoms with E-state index in [1.54, 1.807) is 0 Å². The Balaban J connectivity index is 2.67. The maximum Gasteiger partial charge on any atom is 0.156 e. The third-order valence-electron chi connectivity index (χ3n) is 2.53. The molecule has 0 amide bonds. The number of carbonyl (C=O) groups is 1. The van der Waals surface area contributed by atoms with Crippen LogP contribution in [0.15, 0.2) is 30.3 Å². The van der Waals surface area contributed by atoms with Crippen LogP contribution in [-0.2, 0) is 11.2 Å². The van der Waals surface area contributed by atoms with Gasteiger partial charge in [-0.2, -0.15) is 0 Å². The molecule has 0 atom stereocenters. The van der Waals surface area contributed by atoms with Gasteiger partial charge in [0.15, 0.2) is 5.78 Å². The van der Waals surface area contributed by atoms with Gasteiger partial charge in [0.2, 0.25) is 0 Å². The Kier molecular flexibility index (Phi) is 3.42. The van der Waals surface area contributed by atoms with E-state index < -0.39 is 5.54 Å². The molecule has 1 rings (SSSR count). The van der Waals surface area contributed by atoms with Gasteiger partial charge in [-0.05, 0) is 26.5 Å². The molecule has 1 aromatic rings. The van der Waals surface area contributed by atoms with Crippen molar-refractivity contribution in [3.8, 4) is 0 Å². The Hall–Kier alpha value is -1.15. The molecular weight excluding hydrogens is 174 g/mol. The van der Waals surface area contributed by atoms with E-state index in [2.05, 4.69) is 5.32 Å². The van der Waals surface area contributed by atoms with Crippen LogP contribution in [0.4, 0.5) is 0 Å². The fourth-order valence-corrected chi connectivity index (χ4v) is 1.14. The summed E-state index contributed by atoms with van der Waals surface area (Å²) < 4.78 is 0. The van der Waals surface area contributed by atoms with Crippen molar-refractivity contribution in [2.24, 2.45) is 0 Å². The maximum absolute atomic E-state index is 11.8. The first kappa shape index (κ1) is 10.9. The smallest absolute Gasteiger partial charge is 0.156 e. The molecule has 0 bridgehead atoms. The quantitative estimate of drug-likeness (QED) is 0.786. The largest absolute Gasteiger partial charge is 0.308 e. The molecule has 0 saturated heterocycles. The number of carbonyl (C=O) groups excluding carboxylic acids is 1. The predicted molar refractivity (Wildman–Crippen MR) is 58.3 cm³/mol. The van der Waals surface area contributed by atoms with Gasteiger partial charge in [-0.1, -0.05) is 30.3 Å². The number of nitrogens with one attached hydrogen (secondary N) is 1. The Morgan fingerprint density at radius 1 is 1.29 bits per heavy atom. The average Bonchev–Trinajstić information content (AvgIpc) is 2.19. The molecule has 2 heteroatoms. The van der Waals surface area contributed by atoms with E-state index in [1.807, 2.05) is 51.2 Å². The van der Waals surface area contributed by atoms with Crippen molar-refractivity contribution in [3.05, 3.63) is 35.9 Å². The molecule has 1 N–H and O–H groups in total. The molecule has 0 heterocycles. The third-order valence-corrected chi connectivity index (χ3v) is 2.53. The Morgan fingerprint density at radius 3 is 2.36 bits per heavy atom. The van der Waals surface area contributed by atoms with Crippen molar-refractivity contribution in [2.45, 2.75) is 25.8 Å². The second-order valence-corrected chi connectivity index (χ2v) is 3.96. The highest BCUT2D eigenvalue weighted by Crippen LogP contribution is 2.08. The van der Waals surface area contributed by atoms with Gasteiger partial charge in [0.05, 0.1) is 5.54 Å². The van der Waals surface area contributed by atoms with Crippen LogP contribution < -0.4 is 5.32 Å². The zero-order valence-corrected chi connectivity index (χ0v) is 9.00. The average molecular weight is 191 g/mol. The van der Waals surface area contributed by atoms with Crippen LogP contribution in [0.3, 0.4) is 0 Å². The lowest BCUT2D eigenvalue weighted by Crippen LogP contribution is -2.45. The van der Waals surface area contributed by atoms with E-state index in [4.69, 9.17) is 0 Å². The highest BCUT2D eigenvalue weighted by Gasteiger charge is 2.24. The minimum absolute atomic E-state index is 0.214. The van der Waals surface area contributed by atoms with Crippen LogP contribution in [-0.4, -0.2) is 18.4 Å². The number of hydrogen-bond donors (Lipinski definition) is 1. The number of likely N-dealkylation sites (N-methyl/N-ethyl adjacent to an activating group) is 1. The first-order valence-electron chi connectivity index (χ1n) is 4.82. The lowest BCUT2D eigenvalue weighted by molar-refractivity contribution is -0.123. The van der Waals surface area contributed by atoms with Crippen molar-refractivity contribution in [3.63, 3.8) is 0 Å². The summed E-state index contributed by atoms with van der Waals surface area (Å²) in [5.74, 6) is 0.214. The highest BCUT2D eigenvalue weighted by atomic mass is 16.1. The van der Waals surface area contributed by atoms with E-state index >= 15 is 0 Å². The normalized spacial score (nSPS) is 11.4. The van der Waals surface area contributed by atoms with Crippen molar-refractivity contribution < 1.29 is 4.79 Å². The monoisotopic (exact) mass is 191 g/mol. The van der Waals surface area contributed by atoms with Crippen LogP contribution in [0, 0.1) is 0 Å². The topological polar surface area (TPSA) is 29.1 Å². The molecule has 2 nitrogen and oxygen atoms in total. The van der Waals surface area contributed by atoms with Crippen molar-refractivity contribution in [2.75, 3.05) is 7.05 Å². The molecule has 0 aliphatic carbocycles. The van der Waals surface area contributed by atoms with Gasteiger partial charge in [-0.15, -0.1) is 0 Å². The fraction of sp³-hybridized carbons (Fsp3) is 0.417. The Morgan fingerprint density at radius 2 is 1.86 bits per heavy atom. The zero-order chi connectivity index (χ0) is 10.6. The van der Waals surface area contributed by atoms with Gasteiger partial charge >= 0.3 is 0 Å². The van der Waals surface area contributed by atoms with E-state index in [0.29, 0.717) is 6.42 Å². The summed E-state index contributed by atoms with van der Waals surface area (Å²) in [5, 5.41) is 3.01. The Bertz CT molecular complexity index is 303. The molecule has 1 aromatic carbocycles. The van der Waals surface area contributed by atoms with E-state index in [1.165, 1.54) is 0 Å². The molecule has 14 heavy (non-hydrogen) atoms. The molecule has 0 spiro atoms. The first-order chi connectivity index (χ1) is 6.56. The first-order valence-corrected chi connectivity index (χ1v) is 4.82. The molecule has 0 radical (unpaired) electrons. The van der Waals surface area contributed by atoms with Gasteiger partial charge in [0.25, 0.3) is 0 Å². The summed E-state index contributed by atoms with van der Waals surface area (Å²) in [6, 6.07) is 9.81. The van der Waals surface area contributed by atoms with Crippen LogP contribution in [0.1, 0.15) is 19.4 Å². The van der Waals surface area contributed by atoms with Gasteiger partial charge in [-0.25, -0.2) is 0 Å². The van der Waals surface area contributed by atoms with E-state index in [-0.39, 0.29) is 5.78 Å². The lowest BCUT2D eigenvalue weighted by atomic mass is 9.94. The van der Waals surface area contributed by atoms with E-state index in [0.717, 1.165) is 5.56 Å². The molecule has 0 aromatic heterocycles. The molecule has 0 fully saturated rings. The minimum atomic E-state index is -0.435. The standard InChI is InChI=1S/C12H17NO/c1-12(2,13-3)11(14)9-10-7-5-4-6-8-10/h4-8,13H,9H2,1-3H3. The van der Waals surface area contributed by atoms with E-state index in [9.17, 15) is 4.79 Å². The third kappa shape index (κ3) is 2.67. The summed E-state index contributed by atoms with van der Waals surface area (Å²) >= 11 is 0. The highest BCUT2D eigenvalue weighted by molar-refractivity contribution is 5.89. The van der Waals surface area contributed by atoms with Gasteiger partial charge in [0, 0.05) is 6.42 Å². The summed E-state index contributed by atoms with van der Waals surface area (Å²) in [6.07, 6.45) is 0.495. The van der Waals surface area contributed by atoms with Gasteiger partial charge in [-0.3, -0.25) is 4.79 Å². The summed E-state index contributed by atoms with van der Waals surface area (Å²) in [6.45, 7) is 3.80. The van der Waals surface area contributed by atoms with Crippen molar-refractivity contribution in [1.29, 1.82) is 0 Å². The molecule has 0 saturated carbocycles. The van der Waals surface area contributed by atoms with Gasteiger partial charge < -0.3 is 5.32 Å². The summed E-state index contributed by atoms with van der Waals surface area (Å²) in [7, 11) is 1.81. The number of hydrogen-bond acceptors (Lipinski definition) is 2. The fourth-order valence-electron chi connectivity index (χ4n) is 1.14. The molecule has 76 valence electrons. The molecule has 0 unspecified atom stereocenters.